The van der Waals surface area contributed by atoms with Crippen molar-refractivity contribution in [2.24, 2.45) is 4.99 Å². The van der Waals surface area contributed by atoms with Crippen molar-refractivity contribution in [3.63, 3.8) is 0 Å². The molecule has 2 aromatic rings. The van der Waals surface area contributed by atoms with Gasteiger partial charge in [0.2, 0.25) is 0 Å². The van der Waals surface area contributed by atoms with Gasteiger partial charge in [-0.3, -0.25) is 4.99 Å². The van der Waals surface area contributed by atoms with Gasteiger partial charge in [-0.05, 0) is 31.2 Å². The zero-order chi connectivity index (χ0) is 13.0. The van der Waals surface area contributed by atoms with Crippen LogP contribution in [0.2, 0.25) is 0 Å². The molecule has 1 N–H and O–H groups in total. The predicted molar refractivity (Wildman–Crippen MR) is 72.8 cm³/mol. The van der Waals surface area contributed by atoms with Gasteiger partial charge in [-0.1, -0.05) is 23.8 Å². The van der Waals surface area contributed by atoms with Crippen LogP contribution in [-0.2, 0) is 0 Å². The summed E-state index contributed by atoms with van der Waals surface area (Å²) in [6.45, 7) is 8.82. The molecule has 18 heavy (non-hydrogen) atoms. The van der Waals surface area contributed by atoms with E-state index in [4.69, 9.17) is 6.57 Å². The molecular formula is C15H12N2O. The Morgan fingerprint density at radius 1 is 1.17 bits per heavy atom. The fourth-order valence-corrected chi connectivity index (χ4v) is 1.53. The lowest BCUT2D eigenvalue weighted by Gasteiger charge is -2.00. The summed E-state index contributed by atoms with van der Waals surface area (Å²) in [6, 6.07) is 12.3. The molecule has 0 radical (unpaired) electrons. The van der Waals surface area contributed by atoms with Crippen LogP contribution in [0.3, 0.4) is 0 Å². The van der Waals surface area contributed by atoms with E-state index in [2.05, 4.69) is 9.84 Å². The molecule has 3 nitrogen and oxygen atoms in total. The predicted octanol–water partition coefficient (Wildman–Crippen LogP) is 4.00. The minimum atomic E-state index is 0.210. The summed E-state index contributed by atoms with van der Waals surface area (Å²) < 4.78 is 0. The lowest BCUT2D eigenvalue weighted by Crippen LogP contribution is -1.83. The Kier molecular flexibility index (Phi) is 3.40. The Hall–Kier alpha value is -2.60. The smallest absolute Gasteiger partial charge is 0.187 e. The normalized spacial score (nSPS) is 10.4. The summed E-state index contributed by atoms with van der Waals surface area (Å²) >= 11 is 0. The number of phenols is 1. The first kappa shape index (κ1) is 11.9. The van der Waals surface area contributed by atoms with E-state index in [0.717, 1.165) is 11.3 Å². The molecule has 0 fully saturated rings. The fraction of sp³-hybridized carbons (Fsp3) is 0.0667. The van der Waals surface area contributed by atoms with Gasteiger partial charge >= 0.3 is 0 Å². The zero-order valence-corrected chi connectivity index (χ0v) is 9.96. The number of rotatable bonds is 2. The average Bonchev–Trinajstić information content (AvgIpc) is 2.40. The van der Waals surface area contributed by atoms with E-state index in [0.29, 0.717) is 11.3 Å². The number of aliphatic imine (C=N–C) groups is 1. The van der Waals surface area contributed by atoms with Gasteiger partial charge < -0.3 is 5.11 Å². The number of hydrogen-bond donors (Lipinski definition) is 1. The molecule has 0 saturated heterocycles. The maximum Gasteiger partial charge on any atom is 0.187 e. The Bertz CT molecular complexity index is 622. The third-order valence-corrected chi connectivity index (χ3v) is 2.51. The molecule has 2 rings (SSSR count). The van der Waals surface area contributed by atoms with Gasteiger partial charge in [0, 0.05) is 11.8 Å². The van der Waals surface area contributed by atoms with Gasteiger partial charge in [-0.25, -0.2) is 4.85 Å². The van der Waals surface area contributed by atoms with Crippen LogP contribution in [-0.4, -0.2) is 11.3 Å². The largest absolute Gasteiger partial charge is 0.507 e. The van der Waals surface area contributed by atoms with Gasteiger partial charge in [0.1, 0.15) is 5.75 Å². The van der Waals surface area contributed by atoms with Crippen LogP contribution in [0.25, 0.3) is 4.85 Å². The monoisotopic (exact) mass is 236 g/mol. The number of aryl methyl sites for hydroxylation is 1. The van der Waals surface area contributed by atoms with Crippen molar-refractivity contribution in [3.8, 4) is 5.75 Å². The number of hydrogen-bond acceptors (Lipinski definition) is 2. The van der Waals surface area contributed by atoms with Crippen molar-refractivity contribution in [2.75, 3.05) is 0 Å². The maximum absolute atomic E-state index is 9.66. The third kappa shape index (κ3) is 2.74. The molecule has 0 aliphatic rings. The molecule has 3 heteroatoms. The second-order valence-corrected chi connectivity index (χ2v) is 3.95. The van der Waals surface area contributed by atoms with E-state index in [9.17, 15) is 5.11 Å². The summed E-state index contributed by atoms with van der Waals surface area (Å²) in [7, 11) is 0. The molecule has 0 atom stereocenters. The molecule has 0 heterocycles. The average molecular weight is 236 g/mol. The Balaban J connectivity index is 2.24. The van der Waals surface area contributed by atoms with Crippen molar-refractivity contribution < 1.29 is 5.11 Å². The van der Waals surface area contributed by atoms with Crippen molar-refractivity contribution in [2.45, 2.75) is 6.92 Å². The summed E-state index contributed by atoms with van der Waals surface area (Å²) in [5.41, 5.74) is 3.09. The van der Waals surface area contributed by atoms with Crippen molar-refractivity contribution in [3.05, 3.63) is 65.0 Å². The van der Waals surface area contributed by atoms with Crippen molar-refractivity contribution in [1.82, 2.24) is 0 Å². The molecule has 0 spiro atoms. The standard InChI is InChI=1S/C15H12N2O/c1-11-3-8-15(18)12(9-11)10-17-14-6-4-13(16-2)5-7-14/h3-10,18H,1H3. The van der Waals surface area contributed by atoms with Crippen molar-refractivity contribution in [1.29, 1.82) is 0 Å². The van der Waals surface area contributed by atoms with E-state index < -0.39 is 0 Å². The molecule has 0 aromatic heterocycles. The van der Waals surface area contributed by atoms with Gasteiger partial charge in [-0.15, -0.1) is 0 Å². The van der Waals surface area contributed by atoms with E-state index in [-0.39, 0.29) is 5.75 Å². The molecule has 0 aliphatic carbocycles. The van der Waals surface area contributed by atoms with E-state index in [1.165, 1.54) is 0 Å². The van der Waals surface area contributed by atoms with Crippen LogP contribution in [0.4, 0.5) is 11.4 Å². The Morgan fingerprint density at radius 2 is 1.89 bits per heavy atom. The molecule has 88 valence electrons. The Labute approximate surface area is 106 Å². The Morgan fingerprint density at radius 3 is 2.56 bits per heavy atom. The van der Waals surface area contributed by atoms with Crippen LogP contribution >= 0.6 is 0 Å². The highest BCUT2D eigenvalue weighted by atomic mass is 16.3. The van der Waals surface area contributed by atoms with Gasteiger partial charge in [0.25, 0.3) is 0 Å². The van der Waals surface area contributed by atoms with Crippen LogP contribution in [0, 0.1) is 13.5 Å². The number of aromatic hydroxyl groups is 1. The highest BCUT2D eigenvalue weighted by Gasteiger charge is 1.98. The topological polar surface area (TPSA) is 37.0 Å². The molecule has 0 saturated carbocycles. The number of benzene rings is 2. The minimum Gasteiger partial charge on any atom is -0.507 e. The lowest BCUT2D eigenvalue weighted by atomic mass is 10.1. The van der Waals surface area contributed by atoms with Gasteiger partial charge in [0.15, 0.2) is 5.69 Å². The van der Waals surface area contributed by atoms with E-state index in [1.807, 2.05) is 19.1 Å². The van der Waals surface area contributed by atoms with Crippen LogP contribution in [0.15, 0.2) is 47.5 Å². The van der Waals surface area contributed by atoms with Gasteiger partial charge in [-0.2, -0.15) is 0 Å². The molecule has 2 aromatic carbocycles. The quantitative estimate of drug-likeness (QED) is 0.621. The first-order valence-corrected chi connectivity index (χ1v) is 5.50. The zero-order valence-electron chi connectivity index (χ0n) is 9.96. The van der Waals surface area contributed by atoms with Crippen LogP contribution in [0.1, 0.15) is 11.1 Å². The second kappa shape index (κ2) is 5.15. The maximum atomic E-state index is 9.66. The fourth-order valence-electron chi connectivity index (χ4n) is 1.53. The third-order valence-electron chi connectivity index (χ3n) is 2.51. The van der Waals surface area contributed by atoms with Gasteiger partial charge in [0.05, 0.1) is 12.3 Å². The highest BCUT2D eigenvalue weighted by molar-refractivity contribution is 5.85. The van der Waals surface area contributed by atoms with Crippen LogP contribution < -0.4 is 0 Å². The number of phenolic OH excluding ortho intramolecular Hbond substituents is 1. The molecule has 0 bridgehead atoms. The minimum absolute atomic E-state index is 0.210. The summed E-state index contributed by atoms with van der Waals surface area (Å²) in [5, 5.41) is 9.66. The molecular weight excluding hydrogens is 224 g/mol. The summed E-state index contributed by atoms with van der Waals surface area (Å²) in [4.78, 5) is 7.58. The SMILES string of the molecule is [C-]#[N+]c1ccc(N=Cc2cc(C)ccc2O)cc1. The second-order valence-electron chi connectivity index (χ2n) is 3.95. The molecule has 0 aliphatic heterocycles. The summed E-state index contributed by atoms with van der Waals surface area (Å²) in [6.07, 6.45) is 1.62. The first-order chi connectivity index (χ1) is 8.69. The highest BCUT2D eigenvalue weighted by Crippen LogP contribution is 2.20. The molecule has 0 amide bonds. The van der Waals surface area contributed by atoms with E-state index >= 15 is 0 Å². The number of nitrogens with zero attached hydrogens (tertiary/aromatic N) is 2. The molecule has 0 unspecified atom stereocenters. The van der Waals surface area contributed by atoms with Crippen LogP contribution in [0.5, 0.6) is 5.75 Å². The summed E-state index contributed by atoms with van der Waals surface area (Å²) in [5.74, 6) is 0.210. The van der Waals surface area contributed by atoms with E-state index in [1.54, 1.807) is 36.5 Å². The lowest BCUT2D eigenvalue weighted by molar-refractivity contribution is 0.474. The van der Waals surface area contributed by atoms with Crippen molar-refractivity contribution >= 4 is 17.6 Å². The first-order valence-electron chi connectivity index (χ1n) is 5.50.